The van der Waals surface area contributed by atoms with Crippen LogP contribution in [0.5, 0.6) is 0 Å². The van der Waals surface area contributed by atoms with Crippen molar-refractivity contribution in [1.82, 2.24) is 15.1 Å². The average molecular weight is 318 g/mol. The molecule has 1 N–H and O–H groups in total. The minimum atomic E-state index is -3.00. The molecular formula is C11H18N4O3S2. The Morgan fingerprint density at radius 1 is 1.50 bits per heavy atom. The molecule has 0 radical (unpaired) electrons. The highest BCUT2D eigenvalue weighted by molar-refractivity contribution is 7.91. The van der Waals surface area contributed by atoms with Crippen LogP contribution in [0.4, 0.5) is 5.13 Å². The van der Waals surface area contributed by atoms with Crippen molar-refractivity contribution in [3.05, 3.63) is 5.01 Å². The number of rotatable bonds is 5. The van der Waals surface area contributed by atoms with Gasteiger partial charge in [0, 0.05) is 19.6 Å². The lowest BCUT2D eigenvalue weighted by Crippen LogP contribution is -2.37. The molecule has 1 aromatic rings. The predicted molar refractivity (Wildman–Crippen MR) is 77.8 cm³/mol. The first-order chi connectivity index (χ1) is 9.43. The molecule has 1 amide bonds. The van der Waals surface area contributed by atoms with Gasteiger partial charge in [-0.15, -0.1) is 10.2 Å². The zero-order chi connectivity index (χ0) is 14.8. The lowest BCUT2D eigenvalue weighted by Gasteiger charge is -2.21. The highest BCUT2D eigenvalue weighted by Crippen LogP contribution is 2.21. The second kappa shape index (κ2) is 6.04. The standard InChI is InChI=1S/C11H18N4O3S2/c1-3-5-12-11-14-13-9(19-11)10(16)15(2)8-4-6-20(17,18)7-8/h8H,3-7H2,1-2H3,(H,12,14). The first-order valence-electron chi connectivity index (χ1n) is 6.48. The molecule has 1 unspecified atom stereocenters. The molecule has 0 spiro atoms. The SMILES string of the molecule is CCCNc1nnc(C(=O)N(C)C2CCS(=O)(=O)C2)s1. The first-order valence-corrected chi connectivity index (χ1v) is 9.11. The molecule has 7 nitrogen and oxygen atoms in total. The van der Waals surface area contributed by atoms with Crippen LogP contribution in [0.2, 0.25) is 0 Å². The Morgan fingerprint density at radius 2 is 2.25 bits per heavy atom. The number of hydrogen-bond donors (Lipinski definition) is 1. The van der Waals surface area contributed by atoms with E-state index in [1.54, 1.807) is 7.05 Å². The zero-order valence-corrected chi connectivity index (χ0v) is 13.1. The van der Waals surface area contributed by atoms with Gasteiger partial charge in [0.1, 0.15) is 0 Å². The predicted octanol–water partition coefficient (Wildman–Crippen LogP) is 0.619. The fraction of sp³-hybridized carbons (Fsp3) is 0.727. The van der Waals surface area contributed by atoms with Gasteiger partial charge in [-0.25, -0.2) is 8.42 Å². The Kier molecular flexibility index (Phi) is 4.59. The van der Waals surface area contributed by atoms with Gasteiger partial charge in [-0.3, -0.25) is 4.79 Å². The third-order valence-electron chi connectivity index (χ3n) is 3.21. The normalized spacial score (nSPS) is 20.8. The molecule has 1 aliphatic rings. The van der Waals surface area contributed by atoms with Crippen LogP contribution in [0, 0.1) is 0 Å². The van der Waals surface area contributed by atoms with Crippen LogP contribution in [0.1, 0.15) is 29.6 Å². The monoisotopic (exact) mass is 318 g/mol. The van der Waals surface area contributed by atoms with E-state index in [2.05, 4.69) is 15.5 Å². The van der Waals surface area contributed by atoms with E-state index in [1.807, 2.05) is 6.92 Å². The van der Waals surface area contributed by atoms with Crippen LogP contribution < -0.4 is 5.32 Å². The number of nitrogens with zero attached hydrogens (tertiary/aromatic N) is 3. The molecule has 1 atom stereocenters. The third kappa shape index (κ3) is 3.45. The minimum absolute atomic E-state index is 0.0367. The van der Waals surface area contributed by atoms with Gasteiger partial charge in [0.05, 0.1) is 11.5 Å². The summed E-state index contributed by atoms with van der Waals surface area (Å²) in [7, 11) is -1.38. The minimum Gasteiger partial charge on any atom is -0.360 e. The second-order valence-electron chi connectivity index (χ2n) is 4.81. The Balaban J connectivity index is 2.01. The van der Waals surface area contributed by atoms with Crippen LogP contribution in [0.25, 0.3) is 0 Å². The second-order valence-corrected chi connectivity index (χ2v) is 8.02. The fourth-order valence-electron chi connectivity index (χ4n) is 2.01. The zero-order valence-electron chi connectivity index (χ0n) is 11.5. The topological polar surface area (TPSA) is 92.3 Å². The van der Waals surface area contributed by atoms with E-state index < -0.39 is 9.84 Å². The summed E-state index contributed by atoms with van der Waals surface area (Å²) in [6.45, 7) is 2.81. The maximum Gasteiger partial charge on any atom is 0.284 e. The summed E-state index contributed by atoms with van der Waals surface area (Å²) in [6.07, 6.45) is 1.45. The Bertz CT molecular complexity index is 584. The summed E-state index contributed by atoms with van der Waals surface area (Å²) < 4.78 is 22.9. The van der Waals surface area contributed by atoms with E-state index in [0.29, 0.717) is 11.6 Å². The van der Waals surface area contributed by atoms with Gasteiger partial charge in [0.15, 0.2) is 9.84 Å². The number of hydrogen-bond acceptors (Lipinski definition) is 7. The van der Waals surface area contributed by atoms with Crippen molar-refractivity contribution < 1.29 is 13.2 Å². The molecule has 0 aliphatic carbocycles. The van der Waals surface area contributed by atoms with Crippen molar-refractivity contribution in [1.29, 1.82) is 0 Å². The Morgan fingerprint density at radius 3 is 2.85 bits per heavy atom. The van der Waals surface area contributed by atoms with Gasteiger partial charge in [0.25, 0.3) is 5.91 Å². The number of nitrogens with one attached hydrogen (secondary N) is 1. The number of aromatic nitrogens is 2. The van der Waals surface area contributed by atoms with Crippen LogP contribution in [-0.2, 0) is 9.84 Å². The van der Waals surface area contributed by atoms with Crippen LogP contribution in [0.15, 0.2) is 0 Å². The van der Waals surface area contributed by atoms with Crippen molar-refractivity contribution in [2.24, 2.45) is 0 Å². The molecule has 112 valence electrons. The molecular weight excluding hydrogens is 300 g/mol. The van der Waals surface area contributed by atoms with Crippen molar-refractivity contribution >= 4 is 32.2 Å². The molecule has 20 heavy (non-hydrogen) atoms. The average Bonchev–Trinajstić information content (AvgIpc) is 3.01. The van der Waals surface area contributed by atoms with E-state index in [9.17, 15) is 13.2 Å². The van der Waals surface area contributed by atoms with E-state index in [1.165, 1.54) is 16.2 Å². The van der Waals surface area contributed by atoms with Gasteiger partial charge in [-0.2, -0.15) is 0 Å². The first kappa shape index (κ1) is 15.2. The number of anilines is 1. The molecule has 2 rings (SSSR count). The van der Waals surface area contributed by atoms with Gasteiger partial charge in [-0.05, 0) is 12.8 Å². The largest absolute Gasteiger partial charge is 0.360 e. The number of sulfone groups is 1. The molecule has 1 aliphatic heterocycles. The molecule has 0 aromatic carbocycles. The maximum atomic E-state index is 12.2. The van der Waals surface area contributed by atoms with E-state index in [4.69, 9.17) is 0 Å². The number of carbonyl (C=O) groups is 1. The molecule has 2 heterocycles. The summed E-state index contributed by atoms with van der Waals surface area (Å²) in [6, 6.07) is -0.261. The Labute approximate surface area is 122 Å². The summed E-state index contributed by atoms with van der Waals surface area (Å²) in [5.74, 6) is -0.0851. The molecule has 9 heteroatoms. The lowest BCUT2D eigenvalue weighted by atomic mass is 10.2. The van der Waals surface area contributed by atoms with Crippen molar-refractivity contribution in [2.45, 2.75) is 25.8 Å². The van der Waals surface area contributed by atoms with E-state index >= 15 is 0 Å². The van der Waals surface area contributed by atoms with Crippen LogP contribution in [-0.4, -0.2) is 60.6 Å². The van der Waals surface area contributed by atoms with Crippen LogP contribution >= 0.6 is 11.3 Å². The summed E-state index contributed by atoms with van der Waals surface area (Å²) in [5, 5.41) is 11.7. The lowest BCUT2D eigenvalue weighted by molar-refractivity contribution is 0.0746. The van der Waals surface area contributed by atoms with E-state index in [-0.39, 0.29) is 28.5 Å². The third-order valence-corrected chi connectivity index (χ3v) is 5.83. The molecule has 1 aromatic heterocycles. The van der Waals surface area contributed by atoms with E-state index in [0.717, 1.165) is 13.0 Å². The Hall–Kier alpha value is -1.22. The molecule has 1 saturated heterocycles. The van der Waals surface area contributed by atoms with Gasteiger partial charge >= 0.3 is 0 Å². The van der Waals surface area contributed by atoms with Gasteiger partial charge in [-0.1, -0.05) is 18.3 Å². The van der Waals surface area contributed by atoms with Gasteiger partial charge in [0.2, 0.25) is 10.1 Å². The number of carbonyl (C=O) groups excluding carboxylic acids is 1. The van der Waals surface area contributed by atoms with Crippen molar-refractivity contribution in [2.75, 3.05) is 30.4 Å². The highest BCUT2D eigenvalue weighted by Gasteiger charge is 2.34. The number of amides is 1. The highest BCUT2D eigenvalue weighted by atomic mass is 32.2. The summed E-state index contributed by atoms with van der Waals surface area (Å²) in [4.78, 5) is 13.7. The smallest absolute Gasteiger partial charge is 0.284 e. The molecule has 0 bridgehead atoms. The summed E-state index contributed by atoms with van der Waals surface area (Å²) >= 11 is 1.19. The van der Waals surface area contributed by atoms with Gasteiger partial charge < -0.3 is 10.2 Å². The molecule has 1 fully saturated rings. The van der Waals surface area contributed by atoms with Crippen LogP contribution in [0.3, 0.4) is 0 Å². The molecule has 0 saturated carbocycles. The quantitative estimate of drug-likeness (QED) is 0.855. The summed E-state index contributed by atoms with van der Waals surface area (Å²) in [5.41, 5.74) is 0. The van der Waals surface area contributed by atoms with Crippen molar-refractivity contribution in [3.8, 4) is 0 Å². The fourth-order valence-corrected chi connectivity index (χ4v) is 4.54. The maximum absolute atomic E-state index is 12.2. The van der Waals surface area contributed by atoms with Crippen molar-refractivity contribution in [3.63, 3.8) is 0 Å².